The molecule has 0 aliphatic heterocycles. The van der Waals surface area contributed by atoms with E-state index in [0.717, 1.165) is 38.4 Å². The predicted molar refractivity (Wildman–Crippen MR) is 230 cm³/mol. The van der Waals surface area contributed by atoms with Crippen LogP contribution in [0.4, 0.5) is 0 Å². The lowest BCUT2D eigenvalue weighted by Gasteiger charge is -2.20. The third-order valence-electron chi connectivity index (χ3n) is 11.7. The van der Waals surface area contributed by atoms with E-state index in [-0.39, 0.29) is 0 Å². The summed E-state index contributed by atoms with van der Waals surface area (Å²) in [5, 5.41) is 8.47. The summed E-state index contributed by atoms with van der Waals surface area (Å²) in [5.41, 5.74) is 17.1. The number of fused-ring (bicyclic) bond motifs is 9. The minimum Gasteiger partial charge on any atom is -0.308 e. The van der Waals surface area contributed by atoms with E-state index in [1.807, 2.05) is 24.7 Å². The zero-order valence-corrected chi connectivity index (χ0v) is 29.7. The number of nitrogens with zero attached hydrogens (tertiary/aromatic N) is 3. The Bertz CT molecular complexity index is 3250. The van der Waals surface area contributed by atoms with Gasteiger partial charge in [0.1, 0.15) is 0 Å². The normalized spacial score (nSPS) is 12.0. The summed E-state index contributed by atoms with van der Waals surface area (Å²) < 4.78 is 2.37. The lowest BCUT2D eigenvalue weighted by molar-refractivity contribution is 1.18. The van der Waals surface area contributed by atoms with Crippen molar-refractivity contribution >= 4 is 54.3 Å². The first-order valence-corrected chi connectivity index (χ1v) is 18.8. The lowest BCUT2D eigenvalue weighted by atomic mass is 9.82. The maximum absolute atomic E-state index is 4.80. The Morgan fingerprint density at radius 3 is 1.67 bits per heavy atom. The summed E-state index contributed by atoms with van der Waals surface area (Å²) in [4.78, 5) is 9.29. The Morgan fingerprint density at radius 2 is 0.964 bits per heavy atom. The molecule has 8 aromatic carbocycles. The minimum absolute atomic E-state index is 0.983. The van der Waals surface area contributed by atoms with Gasteiger partial charge in [-0.1, -0.05) is 146 Å². The van der Waals surface area contributed by atoms with E-state index in [1.54, 1.807) is 0 Å². The van der Waals surface area contributed by atoms with Gasteiger partial charge in [0.05, 0.1) is 16.6 Å². The van der Waals surface area contributed by atoms with Gasteiger partial charge in [0, 0.05) is 40.4 Å². The molecule has 0 unspecified atom stereocenters. The Morgan fingerprint density at radius 1 is 0.364 bits per heavy atom. The highest BCUT2D eigenvalue weighted by atomic mass is 15.0. The van der Waals surface area contributed by atoms with Gasteiger partial charge in [0.2, 0.25) is 0 Å². The fourth-order valence-corrected chi connectivity index (χ4v) is 9.39. The van der Waals surface area contributed by atoms with E-state index in [9.17, 15) is 0 Å². The molecule has 0 radical (unpaired) electrons. The van der Waals surface area contributed by atoms with Crippen molar-refractivity contribution in [2.75, 3.05) is 0 Å². The van der Waals surface area contributed by atoms with E-state index < -0.39 is 0 Å². The molecule has 0 saturated heterocycles. The molecule has 0 atom stereocenters. The average Bonchev–Trinajstić information content (AvgIpc) is 3.78. The van der Waals surface area contributed by atoms with Crippen LogP contribution in [0, 0.1) is 0 Å². The zero-order chi connectivity index (χ0) is 36.0. The van der Waals surface area contributed by atoms with Crippen LogP contribution in [0.3, 0.4) is 0 Å². The van der Waals surface area contributed by atoms with Crippen LogP contribution in [0.1, 0.15) is 0 Å². The number of hydrogen-bond donors (Lipinski definition) is 0. The Balaban J connectivity index is 1.09. The summed E-state index contributed by atoms with van der Waals surface area (Å²) >= 11 is 0. The van der Waals surface area contributed by atoms with Gasteiger partial charge in [-0.3, -0.25) is 9.97 Å². The summed E-state index contributed by atoms with van der Waals surface area (Å²) in [6.07, 6.45) is 5.83. The molecule has 1 aliphatic carbocycles. The van der Waals surface area contributed by atoms with Crippen LogP contribution < -0.4 is 0 Å². The van der Waals surface area contributed by atoms with Crippen molar-refractivity contribution in [3.8, 4) is 61.3 Å². The molecule has 0 amide bonds. The van der Waals surface area contributed by atoms with Crippen molar-refractivity contribution in [2.45, 2.75) is 0 Å². The first-order valence-electron chi connectivity index (χ1n) is 18.8. The number of aromatic nitrogens is 3. The zero-order valence-electron chi connectivity index (χ0n) is 29.7. The molecule has 3 heteroatoms. The van der Waals surface area contributed by atoms with E-state index >= 15 is 0 Å². The van der Waals surface area contributed by atoms with Gasteiger partial charge < -0.3 is 4.57 Å². The largest absolute Gasteiger partial charge is 0.308 e. The van der Waals surface area contributed by atoms with Gasteiger partial charge in [0.25, 0.3) is 0 Å². The summed E-state index contributed by atoms with van der Waals surface area (Å²) in [6, 6.07) is 62.0. The molecule has 0 N–H and O–H groups in total. The van der Waals surface area contributed by atoms with E-state index in [4.69, 9.17) is 4.98 Å². The quantitative estimate of drug-likeness (QED) is 0.183. The second kappa shape index (κ2) is 11.6. The minimum atomic E-state index is 0.983. The molecule has 3 nitrogen and oxygen atoms in total. The molecule has 0 bridgehead atoms. The molecular formula is C52H31N3. The third-order valence-corrected chi connectivity index (χ3v) is 11.7. The van der Waals surface area contributed by atoms with Crippen molar-refractivity contribution in [1.82, 2.24) is 14.5 Å². The molecule has 3 aromatic heterocycles. The molecule has 55 heavy (non-hydrogen) atoms. The van der Waals surface area contributed by atoms with Crippen molar-refractivity contribution in [3.05, 3.63) is 188 Å². The number of para-hydroxylation sites is 1. The van der Waals surface area contributed by atoms with Crippen LogP contribution >= 0.6 is 0 Å². The number of hydrogen-bond acceptors (Lipinski definition) is 2. The van der Waals surface area contributed by atoms with Crippen LogP contribution in [-0.4, -0.2) is 14.5 Å². The van der Waals surface area contributed by atoms with Crippen LogP contribution in [0.15, 0.2) is 188 Å². The second-order valence-electron chi connectivity index (χ2n) is 14.5. The van der Waals surface area contributed by atoms with Gasteiger partial charge in [0.15, 0.2) is 0 Å². The smallest absolute Gasteiger partial charge is 0.0723 e. The predicted octanol–water partition coefficient (Wildman–Crippen LogP) is 13.7. The number of benzene rings is 8. The van der Waals surface area contributed by atoms with Crippen LogP contribution in [0.5, 0.6) is 0 Å². The van der Waals surface area contributed by atoms with E-state index in [2.05, 4.69) is 173 Å². The van der Waals surface area contributed by atoms with Crippen LogP contribution in [0.2, 0.25) is 0 Å². The summed E-state index contributed by atoms with van der Waals surface area (Å²) in [7, 11) is 0. The third kappa shape index (κ3) is 4.26. The van der Waals surface area contributed by atoms with Gasteiger partial charge in [-0.2, -0.15) is 0 Å². The van der Waals surface area contributed by atoms with Gasteiger partial charge in [-0.05, 0) is 101 Å². The SMILES string of the molecule is c1ccc(-c2c3c(c(-c4ccccc4)c4ccccc24)-c2ccc(-c4ccc(-n5c6ccncc6c6cnc7ccccc7c65)cc4)c4cccc-3c24)cc1. The average molecular weight is 698 g/mol. The van der Waals surface area contributed by atoms with Gasteiger partial charge >= 0.3 is 0 Å². The summed E-state index contributed by atoms with van der Waals surface area (Å²) in [5.74, 6) is 0. The fraction of sp³-hybridized carbons (Fsp3) is 0. The Labute approximate surface area is 317 Å². The molecule has 0 fully saturated rings. The Kier molecular flexibility index (Phi) is 6.34. The first-order chi connectivity index (χ1) is 27.3. The first kappa shape index (κ1) is 30.1. The molecule has 11 aromatic rings. The highest BCUT2D eigenvalue weighted by molar-refractivity contribution is 6.29. The van der Waals surface area contributed by atoms with Crippen molar-refractivity contribution < 1.29 is 0 Å². The van der Waals surface area contributed by atoms with Crippen molar-refractivity contribution in [1.29, 1.82) is 0 Å². The number of rotatable bonds is 4. The number of pyridine rings is 2. The Hall–Kier alpha value is -7.36. The summed E-state index contributed by atoms with van der Waals surface area (Å²) in [6.45, 7) is 0. The van der Waals surface area contributed by atoms with Gasteiger partial charge in [-0.15, -0.1) is 0 Å². The molecule has 1 aliphatic rings. The van der Waals surface area contributed by atoms with Crippen LogP contribution in [0.25, 0.3) is 116 Å². The molecule has 12 rings (SSSR count). The monoisotopic (exact) mass is 697 g/mol. The maximum Gasteiger partial charge on any atom is 0.0723 e. The molecule has 0 spiro atoms. The molecule has 0 saturated carbocycles. The van der Waals surface area contributed by atoms with Crippen LogP contribution in [-0.2, 0) is 0 Å². The van der Waals surface area contributed by atoms with Gasteiger partial charge in [-0.25, -0.2) is 0 Å². The second-order valence-corrected chi connectivity index (χ2v) is 14.5. The molecular weight excluding hydrogens is 667 g/mol. The van der Waals surface area contributed by atoms with Crippen molar-refractivity contribution in [2.24, 2.45) is 0 Å². The maximum atomic E-state index is 4.80. The van der Waals surface area contributed by atoms with Crippen molar-refractivity contribution in [3.63, 3.8) is 0 Å². The highest BCUT2D eigenvalue weighted by Crippen LogP contribution is 2.58. The topological polar surface area (TPSA) is 30.7 Å². The lowest BCUT2D eigenvalue weighted by Crippen LogP contribution is -1.95. The molecule has 3 heterocycles. The van der Waals surface area contributed by atoms with E-state index in [0.29, 0.717) is 0 Å². The highest BCUT2D eigenvalue weighted by Gasteiger charge is 2.31. The molecule has 254 valence electrons. The standard InChI is InChI=1S/C52H31N3/c1-3-12-33(13-4-1)47-38-16-7-8-17-39(38)48(34-14-5-2-6-15-34)51-42-27-26-36(37-19-11-20-41(49(37)42)50(47)51)32-22-24-35(25-23-32)55-46-28-29-53-30-43(46)44-31-54-45-21-10-9-18-40(45)52(44)55/h1-31H. The fourth-order valence-electron chi connectivity index (χ4n) is 9.39. The van der Waals surface area contributed by atoms with E-state index in [1.165, 1.54) is 77.2 Å².